The standard InChI is InChI=1S/C23H25BrN4O2/c1-15-3-8-20(13-16(15)2)25-23(29)18-9-11-28(12-10-18)14-21-26-22(27-30-21)17-4-6-19(24)7-5-17/h3-8,13,18H,9-12,14H2,1-2H3,(H,25,29). The lowest BCUT2D eigenvalue weighted by Crippen LogP contribution is -2.37. The highest BCUT2D eigenvalue weighted by atomic mass is 79.9. The molecule has 1 N–H and O–H groups in total. The number of aromatic nitrogens is 2. The number of benzene rings is 2. The predicted octanol–water partition coefficient (Wildman–Crippen LogP) is 4.97. The number of piperidine rings is 1. The van der Waals surface area contributed by atoms with E-state index in [2.05, 4.69) is 50.1 Å². The Bertz CT molecular complexity index is 1020. The average molecular weight is 469 g/mol. The van der Waals surface area contributed by atoms with Gasteiger partial charge in [-0.25, -0.2) is 0 Å². The summed E-state index contributed by atoms with van der Waals surface area (Å²) >= 11 is 3.43. The number of carbonyl (C=O) groups excluding carboxylic acids is 1. The molecule has 2 aromatic carbocycles. The van der Waals surface area contributed by atoms with Gasteiger partial charge in [-0.3, -0.25) is 9.69 Å². The van der Waals surface area contributed by atoms with Crippen molar-refractivity contribution >= 4 is 27.5 Å². The van der Waals surface area contributed by atoms with E-state index in [4.69, 9.17) is 4.52 Å². The van der Waals surface area contributed by atoms with Gasteiger partial charge in [-0.05, 0) is 87.3 Å². The summed E-state index contributed by atoms with van der Waals surface area (Å²) in [7, 11) is 0. The molecule has 1 aliphatic rings. The van der Waals surface area contributed by atoms with Gasteiger partial charge in [0.1, 0.15) is 0 Å². The minimum absolute atomic E-state index is 0.0314. The van der Waals surface area contributed by atoms with E-state index in [-0.39, 0.29) is 11.8 Å². The molecule has 0 unspecified atom stereocenters. The average Bonchev–Trinajstić information content (AvgIpc) is 3.20. The predicted molar refractivity (Wildman–Crippen MR) is 120 cm³/mol. The lowest BCUT2D eigenvalue weighted by Gasteiger charge is -2.30. The Hall–Kier alpha value is -2.51. The van der Waals surface area contributed by atoms with Gasteiger partial charge < -0.3 is 9.84 Å². The monoisotopic (exact) mass is 468 g/mol. The first-order valence-electron chi connectivity index (χ1n) is 10.2. The molecule has 0 saturated carbocycles. The zero-order chi connectivity index (χ0) is 21.1. The molecular formula is C23H25BrN4O2. The van der Waals surface area contributed by atoms with Crippen LogP contribution in [0.4, 0.5) is 5.69 Å². The van der Waals surface area contributed by atoms with Gasteiger partial charge in [-0.1, -0.05) is 27.2 Å². The molecule has 0 radical (unpaired) electrons. The van der Waals surface area contributed by atoms with Crippen LogP contribution in [0.2, 0.25) is 0 Å². The number of hydrogen-bond donors (Lipinski definition) is 1. The van der Waals surface area contributed by atoms with E-state index in [1.54, 1.807) is 0 Å². The van der Waals surface area contributed by atoms with Crippen LogP contribution in [0.25, 0.3) is 11.4 Å². The number of aryl methyl sites for hydroxylation is 2. The third-order valence-electron chi connectivity index (χ3n) is 5.66. The first-order chi connectivity index (χ1) is 14.5. The van der Waals surface area contributed by atoms with Crippen LogP contribution in [-0.4, -0.2) is 34.0 Å². The molecule has 1 aromatic heterocycles. The summed E-state index contributed by atoms with van der Waals surface area (Å²) in [5.41, 5.74) is 4.21. The van der Waals surface area contributed by atoms with Crippen LogP contribution < -0.4 is 5.32 Å². The van der Waals surface area contributed by atoms with Crippen LogP contribution >= 0.6 is 15.9 Å². The molecule has 1 saturated heterocycles. The van der Waals surface area contributed by atoms with E-state index < -0.39 is 0 Å². The van der Waals surface area contributed by atoms with E-state index in [1.807, 2.05) is 42.5 Å². The topological polar surface area (TPSA) is 71.3 Å². The van der Waals surface area contributed by atoms with Gasteiger partial charge >= 0.3 is 0 Å². The maximum atomic E-state index is 12.6. The molecule has 4 rings (SSSR count). The fourth-order valence-electron chi connectivity index (χ4n) is 3.64. The van der Waals surface area contributed by atoms with Gasteiger partial charge in [0.05, 0.1) is 6.54 Å². The van der Waals surface area contributed by atoms with Crippen molar-refractivity contribution in [2.75, 3.05) is 18.4 Å². The smallest absolute Gasteiger partial charge is 0.241 e. The second-order valence-corrected chi connectivity index (χ2v) is 8.77. The normalized spacial score (nSPS) is 15.3. The molecule has 1 fully saturated rings. The number of nitrogens with one attached hydrogen (secondary N) is 1. The largest absolute Gasteiger partial charge is 0.338 e. The van der Waals surface area contributed by atoms with Gasteiger partial charge in [0.15, 0.2) is 0 Å². The van der Waals surface area contributed by atoms with Crippen LogP contribution in [0, 0.1) is 19.8 Å². The molecule has 1 aliphatic heterocycles. The zero-order valence-electron chi connectivity index (χ0n) is 17.2. The number of likely N-dealkylation sites (tertiary alicyclic amines) is 1. The summed E-state index contributed by atoms with van der Waals surface area (Å²) in [6.07, 6.45) is 1.65. The van der Waals surface area contributed by atoms with Crippen LogP contribution in [0.5, 0.6) is 0 Å². The fraction of sp³-hybridized carbons (Fsp3) is 0.348. The summed E-state index contributed by atoms with van der Waals surface area (Å²) in [6, 6.07) is 13.9. The molecule has 0 spiro atoms. The molecular weight excluding hydrogens is 444 g/mol. The van der Waals surface area contributed by atoms with Gasteiger partial charge in [0.25, 0.3) is 0 Å². The molecule has 2 heterocycles. The lowest BCUT2D eigenvalue weighted by molar-refractivity contribution is -0.121. The summed E-state index contributed by atoms with van der Waals surface area (Å²) in [5.74, 6) is 1.34. The van der Waals surface area contributed by atoms with Crippen LogP contribution in [0.15, 0.2) is 51.5 Å². The SMILES string of the molecule is Cc1ccc(NC(=O)C2CCN(Cc3nc(-c4ccc(Br)cc4)no3)CC2)cc1C. The van der Waals surface area contributed by atoms with Crippen molar-refractivity contribution in [3.05, 3.63) is 64.0 Å². The Morgan fingerprint density at radius 3 is 2.57 bits per heavy atom. The Balaban J connectivity index is 1.29. The van der Waals surface area contributed by atoms with Crippen LogP contribution in [0.1, 0.15) is 29.9 Å². The number of halogens is 1. The van der Waals surface area contributed by atoms with Gasteiger partial charge in [-0.15, -0.1) is 0 Å². The highest BCUT2D eigenvalue weighted by Crippen LogP contribution is 2.23. The molecule has 0 bridgehead atoms. The van der Waals surface area contributed by atoms with Crippen molar-refractivity contribution in [2.24, 2.45) is 5.92 Å². The molecule has 30 heavy (non-hydrogen) atoms. The first kappa shape index (κ1) is 20.8. The Morgan fingerprint density at radius 2 is 1.87 bits per heavy atom. The van der Waals surface area contributed by atoms with E-state index in [1.165, 1.54) is 11.1 Å². The summed E-state index contributed by atoms with van der Waals surface area (Å²) in [4.78, 5) is 19.4. The van der Waals surface area contributed by atoms with Crippen molar-refractivity contribution < 1.29 is 9.32 Å². The zero-order valence-corrected chi connectivity index (χ0v) is 18.8. The minimum atomic E-state index is 0.0314. The van der Waals surface area contributed by atoms with Gasteiger partial charge in [0.2, 0.25) is 17.6 Å². The number of nitrogens with zero attached hydrogens (tertiary/aromatic N) is 3. The van der Waals surface area contributed by atoms with Crippen molar-refractivity contribution in [3.8, 4) is 11.4 Å². The van der Waals surface area contributed by atoms with Crippen LogP contribution in [-0.2, 0) is 11.3 Å². The molecule has 156 valence electrons. The number of hydrogen-bond acceptors (Lipinski definition) is 5. The first-order valence-corrected chi connectivity index (χ1v) is 11.0. The summed E-state index contributed by atoms with van der Waals surface area (Å²) in [5, 5.41) is 7.16. The Kier molecular flexibility index (Phi) is 6.29. The van der Waals surface area contributed by atoms with Crippen LogP contribution in [0.3, 0.4) is 0 Å². The highest BCUT2D eigenvalue weighted by molar-refractivity contribution is 9.10. The molecule has 1 amide bonds. The number of carbonyl (C=O) groups is 1. The second-order valence-electron chi connectivity index (χ2n) is 7.86. The molecule has 3 aromatic rings. The van der Waals surface area contributed by atoms with Gasteiger partial charge in [-0.2, -0.15) is 4.98 Å². The third kappa shape index (κ3) is 4.96. The molecule has 0 aliphatic carbocycles. The minimum Gasteiger partial charge on any atom is -0.338 e. The lowest BCUT2D eigenvalue weighted by atomic mass is 9.95. The Labute approximate surface area is 184 Å². The van der Waals surface area contributed by atoms with E-state index >= 15 is 0 Å². The highest BCUT2D eigenvalue weighted by Gasteiger charge is 2.26. The van der Waals surface area contributed by atoms with E-state index in [0.717, 1.165) is 41.7 Å². The number of amides is 1. The van der Waals surface area contributed by atoms with Crippen molar-refractivity contribution in [1.82, 2.24) is 15.0 Å². The van der Waals surface area contributed by atoms with Crippen molar-refractivity contribution in [2.45, 2.75) is 33.2 Å². The number of rotatable bonds is 5. The van der Waals surface area contributed by atoms with E-state index in [9.17, 15) is 4.79 Å². The maximum Gasteiger partial charge on any atom is 0.241 e. The molecule has 7 heteroatoms. The van der Waals surface area contributed by atoms with Crippen molar-refractivity contribution in [1.29, 1.82) is 0 Å². The molecule has 0 atom stereocenters. The van der Waals surface area contributed by atoms with E-state index in [0.29, 0.717) is 18.3 Å². The van der Waals surface area contributed by atoms with Crippen molar-refractivity contribution in [3.63, 3.8) is 0 Å². The Morgan fingerprint density at radius 1 is 1.13 bits per heavy atom. The van der Waals surface area contributed by atoms with Gasteiger partial charge in [0, 0.05) is 21.6 Å². The maximum absolute atomic E-state index is 12.6. The second kappa shape index (κ2) is 9.10. The fourth-order valence-corrected chi connectivity index (χ4v) is 3.91. The third-order valence-corrected chi connectivity index (χ3v) is 6.19. The summed E-state index contributed by atoms with van der Waals surface area (Å²) < 4.78 is 6.45. The summed E-state index contributed by atoms with van der Waals surface area (Å²) in [6.45, 7) is 6.40. The molecule has 6 nitrogen and oxygen atoms in total. The quantitative estimate of drug-likeness (QED) is 0.572. The number of anilines is 1.